The zero-order valence-corrected chi connectivity index (χ0v) is 13.2. The van der Waals surface area contributed by atoms with Crippen LogP contribution < -0.4 is 5.32 Å². The lowest BCUT2D eigenvalue weighted by Crippen LogP contribution is -2.35. The fourth-order valence-corrected chi connectivity index (χ4v) is 2.54. The molecule has 1 N–H and O–H groups in total. The number of rotatable bonds is 9. The van der Waals surface area contributed by atoms with Gasteiger partial charge in [0.2, 0.25) is 0 Å². The molecule has 0 spiro atoms. The molecule has 2 atom stereocenters. The topological polar surface area (TPSA) is 28.2 Å². The van der Waals surface area contributed by atoms with E-state index in [-0.39, 0.29) is 11.9 Å². The van der Waals surface area contributed by atoms with Crippen LogP contribution >= 0.6 is 0 Å². The molecule has 0 aliphatic rings. The van der Waals surface area contributed by atoms with Gasteiger partial charge in [0.25, 0.3) is 0 Å². The summed E-state index contributed by atoms with van der Waals surface area (Å²) in [7, 11) is 2.15. The van der Waals surface area contributed by atoms with E-state index in [4.69, 9.17) is 0 Å². The summed E-state index contributed by atoms with van der Waals surface area (Å²) in [5.74, 6) is 0.148. The molecule has 0 aliphatic heterocycles. The highest BCUT2D eigenvalue weighted by atomic mass is 19.1. The van der Waals surface area contributed by atoms with Gasteiger partial charge in [-0.3, -0.25) is 4.98 Å². The fourth-order valence-electron chi connectivity index (χ4n) is 2.54. The molecule has 4 heteroatoms. The number of nitrogens with zero attached hydrogens (tertiary/aromatic N) is 2. The molecule has 1 aromatic heterocycles. The molecule has 0 saturated heterocycles. The summed E-state index contributed by atoms with van der Waals surface area (Å²) >= 11 is 0. The van der Waals surface area contributed by atoms with Crippen LogP contribution in [-0.4, -0.2) is 36.6 Å². The van der Waals surface area contributed by atoms with Crippen LogP contribution in [0.4, 0.5) is 4.39 Å². The van der Waals surface area contributed by atoms with Gasteiger partial charge in [0.1, 0.15) is 5.82 Å². The van der Waals surface area contributed by atoms with Crippen molar-refractivity contribution in [2.24, 2.45) is 5.92 Å². The van der Waals surface area contributed by atoms with E-state index in [1.165, 1.54) is 12.3 Å². The first-order valence-electron chi connectivity index (χ1n) is 7.61. The summed E-state index contributed by atoms with van der Waals surface area (Å²) < 4.78 is 13.0. The highest BCUT2D eigenvalue weighted by Gasteiger charge is 2.21. The Morgan fingerprint density at radius 3 is 2.60 bits per heavy atom. The van der Waals surface area contributed by atoms with Gasteiger partial charge in [-0.05, 0) is 51.0 Å². The van der Waals surface area contributed by atoms with Crippen molar-refractivity contribution in [3.8, 4) is 0 Å². The van der Waals surface area contributed by atoms with E-state index >= 15 is 0 Å². The van der Waals surface area contributed by atoms with Crippen LogP contribution in [0.5, 0.6) is 0 Å². The maximum absolute atomic E-state index is 13.0. The Hall–Kier alpha value is -1.00. The van der Waals surface area contributed by atoms with Crippen LogP contribution in [0.1, 0.15) is 45.3 Å². The van der Waals surface area contributed by atoms with Crippen molar-refractivity contribution in [3.63, 3.8) is 0 Å². The van der Waals surface area contributed by atoms with Crippen LogP contribution in [0.3, 0.4) is 0 Å². The smallest absolute Gasteiger partial charge is 0.141 e. The quantitative estimate of drug-likeness (QED) is 0.753. The predicted molar refractivity (Wildman–Crippen MR) is 82.2 cm³/mol. The number of aromatic nitrogens is 1. The van der Waals surface area contributed by atoms with E-state index in [9.17, 15) is 4.39 Å². The molecular formula is C16H28FN3. The van der Waals surface area contributed by atoms with Crippen molar-refractivity contribution < 1.29 is 4.39 Å². The lowest BCUT2D eigenvalue weighted by atomic mass is 9.97. The molecular weight excluding hydrogens is 253 g/mol. The molecule has 0 radical (unpaired) electrons. The molecule has 1 heterocycles. The van der Waals surface area contributed by atoms with Crippen molar-refractivity contribution in [1.82, 2.24) is 15.2 Å². The Kier molecular flexibility index (Phi) is 7.70. The minimum atomic E-state index is -0.279. The maximum atomic E-state index is 13.0. The summed E-state index contributed by atoms with van der Waals surface area (Å²) in [6.45, 7) is 9.62. The van der Waals surface area contributed by atoms with Crippen molar-refractivity contribution in [2.75, 3.05) is 26.7 Å². The van der Waals surface area contributed by atoms with Crippen LogP contribution in [0.2, 0.25) is 0 Å². The third-order valence-electron chi connectivity index (χ3n) is 3.46. The molecule has 114 valence electrons. The number of hydrogen-bond donors (Lipinski definition) is 1. The monoisotopic (exact) mass is 281 g/mol. The average Bonchev–Trinajstić information content (AvgIpc) is 2.41. The van der Waals surface area contributed by atoms with Crippen molar-refractivity contribution in [1.29, 1.82) is 0 Å². The molecule has 0 saturated carbocycles. The molecule has 0 fully saturated rings. The van der Waals surface area contributed by atoms with Crippen LogP contribution in [-0.2, 0) is 0 Å². The SMILES string of the molecule is CCCNC(c1ccc(F)cn1)C(C)CN(C)CCC. The van der Waals surface area contributed by atoms with E-state index in [1.807, 2.05) is 0 Å². The van der Waals surface area contributed by atoms with E-state index in [2.05, 4.69) is 43.0 Å². The number of halogens is 1. The van der Waals surface area contributed by atoms with E-state index in [0.29, 0.717) is 5.92 Å². The summed E-state index contributed by atoms with van der Waals surface area (Å²) in [6.07, 6.45) is 3.54. The third-order valence-corrected chi connectivity index (χ3v) is 3.46. The van der Waals surface area contributed by atoms with Crippen LogP contribution in [0.15, 0.2) is 18.3 Å². The molecule has 2 unspecified atom stereocenters. The van der Waals surface area contributed by atoms with Gasteiger partial charge in [0, 0.05) is 6.54 Å². The first-order valence-corrected chi connectivity index (χ1v) is 7.61. The average molecular weight is 281 g/mol. The van der Waals surface area contributed by atoms with Crippen molar-refractivity contribution >= 4 is 0 Å². The van der Waals surface area contributed by atoms with Gasteiger partial charge in [-0.15, -0.1) is 0 Å². The van der Waals surface area contributed by atoms with Gasteiger partial charge >= 0.3 is 0 Å². The standard InChI is InChI=1S/C16H28FN3/c1-5-9-18-16(13(3)12-20(4)10-6-2)15-8-7-14(17)11-19-15/h7-8,11,13,16,18H,5-6,9-10,12H2,1-4H3. The van der Waals surface area contributed by atoms with Gasteiger partial charge in [-0.1, -0.05) is 20.8 Å². The van der Waals surface area contributed by atoms with Gasteiger partial charge in [0.05, 0.1) is 17.9 Å². The van der Waals surface area contributed by atoms with Gasteiger partial charge < -0.3 is 10.2 Å². The first kappa shape index (κ1) is 17.1. The van der Waals surface area contributed by atoms with Gasteiger partial charge in [-0.2, -0.15) is 0 Å². The highest BCUT2D eigenvalue weighted by Crippen LogP contribution is 2.21. The largest absolute Gasteiger partial charge is 0.308 e. The van der Waals surface area contributed by atoms with Gasteiger partial charge in [-0.25, -0.2) is 4.39 Å². The number of pyridine rings is 1. The highest BCUT2D eigenvalue weighted by molar-refractivity contribution is 5.11. The molecule has 1 aromatic rings. The summed E-state index contributed by atoms with van der Waals surface area (Å²) in [5, 5.41) is 3.54. The number of nitrogens with one attached hydrogen (secondary N) is 1. The normalized spacial score (nSPS) is 14.5. The van der Waals surface area contributed by atoms with Crippen molar-refractivity contribution in [2.45, 2.75) is 39.7 Å². The molecule has 0 aromatic carbocycles. The zero-order valence-electron chi connectivity index (χ0n) is 13.2. The first-order chi connectivity index (χ1) is 9.58. The van der Waals surface area contributed by atoms with Crippen LogP contribution in [0, 0.1) is 11.7 Å². The number of hydrogen-bond acceptors (Lipinski definition) is 3. The van der Waals surface area contributed by atoms with E-state index in [0.717, 1.165) is 38.2 Å². The van der Waals surface area contributed by atoms with E-state index < -0.39 is 0 Å². The molecule has 20 heavy (non-hydrogen) atoms. The Balaban J connectivity index is 2.74. The lowest BCUT2D eigenvalue weighted by Gasteiger charge is -2.28. The maximum Gasteiger partial charge on any atom is 0.141 e. The molecule has 0 bridgehead atoms. The Bertz CT molecular complexity index is 366. The fraction of sp³-hybridized carbons (Fsp3) is 0.688. The molecule has 3 nitrogen and oxygen atoms in total. The molecule has 0 aliphatic carbocycles. The van der Waals surface area contributed by atoms with Gasteiger partial charge in [0.15, 0.2) is 0 Å². The van der Waals surface area contributed by atoms with E-state index in [1.54, 1.807) is 6.07 Å². The second-order valence-electron chi connectivity index (χ2n) is 5.57. The lowest BCUT2D eigenvalue weighted by molar-refractivity contribution is 0.245. The summed E-state index contributed by atoms with van der Waals surface area (Å²) in [6, 6.07) is 3.46. The Labute approximate surface area is 122 Å². The second kappa shape index (κ2) is 9.03. The molecule has 1 rings (SSSR count). The molecule has 0 amide bonds. The third kappa shape index (κ3) is 5.55. The minimum absolute atomic E-state index is 0.176. The minimum Gasteiger partial charge on any atom is -0.308 e. The van der Waals surface area contributed by atoms with Crippen molar-refractivity contribution in [3.05, 3.63) is 29.8 Å². The Morgan fingerprint density at radius 1 is 1.30 bits per heavy atom. The zero-order chi connectivity index (χ0) is 15.0. The Morgan fingerprint density at radius 2 is 2.05 bits per heavy atom. The summed E-state index contributed by atoms with van der Waals surface area (Å²) in [5.41, 5.74) is 0.928. The predicted octanol–water partition coefficient (Wildman–Crippen LogP) is 3.24. The summed E-state index contributed by atoms with van der Waals surface area (Å²) in [4.78, 5) is 6.59. The van der Waals surface area contributed by atoms with Crippen LogP contribution in [0.25, 0.3) is 0 Å². The second-order valence-corrected chi connectivity index (χ2v) is 5.57.